The summed E-state index contributed by atoms with van der Waals surface area (Å²) < 4.78 is 37.6. The number of alkyl halides is 3. The highest BCUT2D eigenvalue weighted by molar-refractivity contribution is 5.24. The Morgan fingerprint density at radius 2 is 1.67 bits per heavy atom. The average molecular weight is 298 g/mol. The Morgan fingerprint density at radius 3 is 2.29 bits per heavy atom. The van der Waals surface area contributed by atoms with E-state index in [0.717, 1.165) is 50.7 Å². The highest BCUT2D eigenvalue weighted by Gasteiger charge is 2.31. The van der Waals surface area contributed by atoms with Gasteiger partial charge < -0.3 is 0 Å². The maximum Gasteiger partial charge on any atom is 0.416 e. The van der Waals surface area contributed by atoms with Crippen LogP contribution in [0.2, 0.25) is 0 Å². The van der Waals surface area contributed by atoms with Crippen LogP contribution in [0.15, 0.2) is 24.3 Å². The lowest BCUT2D eigenvalue weighted by Crippen LogP contribution is -2.31. The lowest BCUT2D eigenvalue weighted by Gasteiger charge is -2.21. The summed E-state index contributed by atoms with van der Waals surface area (Å²) in [5.74, 6) is 0. The second-order valence-electron chi connectivity index (χ2n) is 6.09. The molecule has 1 aromatic carbocycles. The maximum absolute atomic E-state index is 12.5. The van der Waals surface area contributed by atoms with E-state index in [0.29, 0.717) is 0 Å². The van der Waals surface area contributed by atoms with Gasteiger partial charge in [0.25, 0.3) is 0 Å². The van der Waals surface area contributed by atoms with Gasteiger partial charge in [0, 0.05) is 25.7 Å². The van der Waals surface area contributed by atoms with Gasteiger partial charge in [0.15, 0.2) is 0 Å². The van der Waals surface area contributed by atoms with E-state index in [9.17, 15) is 13.2 Å². The van der Waals surface area contributed by atoms with Crippen LogP contribution < -0.4 is 0 Å². The molecule has 2 nitrogen and oxygen atoms in total. The van der Waals surface area contributed by atoms with Gasteiger partial charge in [-0.3, -0.25) is 9.80 Å². The molecule has 0 radical (unpaired) electrons. The molecular weight excluding hydrogens is 277 g/mol. The molecule has 3 rings (SSSR count). The van der Waals surface area contributed by atoms with Crippen LogP contribution in [0.4, 0.5) is 13.2 Å². The Balaban J connectivity index is 1.56. The van der Waals surface area contributed by atoms with Gasteiger partial charge in [-0.15, -0.1) is 0 Å². The zero-order valence-electron chi connectivity index (χ0n) is 12.1. The maximum atomic E-state index is 12.5. The zero-order valence-corrected chi connectivity index (χ0v) is 12.1. The molecule has 2 fully saturated rings. The van der Waals surface area contributed by atoms with Gasteiger partial charge in [-0.25, -0.2) is 0 Å². The van der Waals surface area contributed by atoms with E-state index in [1.165, 1.54) is 25.0 Å². The first-order valence-electron chi connectivity index (χ1n) is 7.65. The lowest BCUT2D eigenvalue weighted by atomic mass is 10.1. The van der Waals surface area contributed by atoms with Crippen molar-refractivity contribution in [3.63, 3.8) is 0 Å². The van der Waals surface area contributed by atoms with Crippen molar-refractivity contribution in [1.29, 1.82) is 0 Å². The molecule has 2 aliphatic rings. The van der Waals surface area contributed by atoms with Crippen LogP contribution in [0.3, 0.4) is 0 Å². The van der Waals surface area contributed by atoms with Crippen molar-refractivity contribution in [2.75, 3.05) is 26.2 Å². The molecule has 1 aliphatic carbocycles. The zero-order chi connectivity index (χ0) is 14.9. The second-order valence-corrected chi connectivity index (χ2v) is 6.09. The number of halogens is 3. The van der Waals surface area contributed by atoms with Crippen LogP contribution in [0.5, 0.6) is 0 Å². The SMILES string of the molecule is FC(F)(F)c1ccc(CN2CCCN(C3CC3)CC2)cc1. The van der Waals surface area contributed by atoms with Gasteiger partial charge in [-0.1, -0.05) is 12.1 Å². The quantitative estimate of drug-likeness (QED) is 0.844. The van der Waals surface area contributed by atoms with Gasteiger partial charge >= 0.3 is 6.18 Å². The Hall–Kier alpha value is -1.07. The minimum atomic E-state index is -4.24. The van der Waals surface area contributed by atoms with Crippen molar-refractivity contribution in [3.8, 4) is 0 Å². The van der Waals surface area contributed by atoms with Gasteiger partial charge in [0.1, 0.15) is 0 Å². The largest absolute Gasteiger partial charge is 0.416 e. The van der Waals surface area contributed by atoms with Gasteiger partial charge in [-0.2, -0.15) is 13.2 Å². The summed E-state index contributed by atoms with van der Waals surface area (Å²) in [5.41, 5.74) is 0.393. The topological polar surface area (TPSA) is 6.48 Å². The van der Waals surface area contributed by atoms with E-state index in [4.69, 9.17) is 0 Å². The van der Waals surface area contributed by atoms with E-state index >= 15 is 0 Å². The van der Waals surface area contributed by atoms with E-state index in [-0.39, 0.29) is 0 Å². The van der Waals surface area contributed by atoms with Crippen molar-refractivity contribution >= 4 is 0 Å². The third-order valence-electron chi connectivity index (χ3n) is 4.37. The summed E-state index contributed by atoms with van der Waals surface area (Å²) in [6.45, 7) is 5.04. The number of benzene rings is 1. The van der Waals surface area contributed by atoms with E-state index in [1.807, 2.05) is 0 Å². The minimum absolute atomic E-state index is 0.568. The summed E-state index contributed by atoms with van der Waals surface area (Å²) in [7, 11) is 0. The normalized spacial score (nSPS) is 22.2. The van der Waals surface area contributed by atoms with Crippen molar-refractivity contribution in [2.24, 2.45) is 0 Å². The second kappa shape index (κ2) is 5.97. The van der Waals surface area contributed by atoms with Gasteiger partial charge in [0.2, 0.25) is 0 Å². The summed E-state index contributed by atoms with van der Waals surface area (Å²) in [6.07, 6.45) is -0.430. The van der Waals surface area contributed by atoms with Crippen LogP contribution in [0.1, 0.15) is 30.4 Å². The first-order chi connectivity index (χ1) is 10.0. The third-order valence-corrected chi connectivity index (χ3v) is 4.37. The summed E-state index contributed by atoms with van der Waals surface area (Å²) in [5, 5.41) is 0. The molecule has 0 unspecified atom stereocenters. The molecule has 5 heteroatoms. The molecule has 116 valence electrons. The molecule has 0 aromatic heterocycles. The Bertz CT molecular complexity index is 465. The smallest absolute Gasteiger partial charge is 0.299 e. The fraction of sp³-hybridized carbons (Fsp3) is 0.625. The van der Waals surface area contributed by atoms with E-state index in [1.54, 1.807) is 12.1 Å². The summed E-state index contributed by atoms with van der Waals surface area (Å²) >= 11 is 0. The molecule has 1 aromatic rings. The number of hydrogen-bond acceptors (Lipinski definition) is 2. The molecule has 0 atom stereocenters. The van der Waals surface area contributed by atoms with Crippen LogP contribution >= 0.6 is 0 Å². The standard InChI is InChI=1S/C16H21F3N2/c17-16(18,19)14-4-2-13(3-5-14)12-20-8-1-9-21(11-10-20)15-6-7-15/h2-5,15H,1,6-12H2. The Labute approximate surface area is 123 Å². The monoisotopic (exact) mass is 298 g/mol. The first-order valence-corrected chi connectivity index (χ1v) is 7.65. The third kappa shape index (κ3) is 3.98. The molecule has 1 aliphatic heterocycles. The molecule has 0 N–H and O–H groups in total. The minimum Gasteiger partial charge on any atom is -0.299 e. The lowest BCUT2D eigenvalue weighted by molar-refractivity contribution is -0.137. The molecule has 21 heavy (non-hydrogen) atoms. The Morgan fingerprint density at radius 1 is 0.952 bits per heavy atom. The molecule has 1 saturated heterocycles. The highest BCUT2D eigenvalue weighted by atomic mass is 19.4. The molecule has 0 spiro atoms. The average Bonchev–Trinajstić information content (AvgIpc) is 3.24. The van der Waals surface area contributed by atoms with Crippen molar-refractivity contribution in [2.45, 2.75) is 38.0 Å². The summed E-state index contributed by atoms with van der Waals surface area (Å²) in [4.78, 5) is 4.91. The van der Waals surface area contributed by atoms with Crippen molar-refractivity contribution < 1.29 is 13.2 Å². The predicted molar refractivity (Wildman–Crippen MR) is 75.9 cm³/mol. The van der Waals surface area contributed by atoms with E-state index < -0.39 is 11.7 Å². The molecule has 1 heterocycles. The fourth-order valence-corrected chi connectivity index (χ4v) is 3.01. The number of rotatable bonds is 3. The predicted octanol–water partition coefficient (Wildman–Crippen LogP) is 3.38. The number of nitrogens with zero attached hydrogens (tertiary/aromatic N) is 2. The van der Waals surface area contributed by atoms with Crippen LogP contribution in [-0.2, 0) is 12.7 Å². The Kier molecular flexibility index (Phi) is 4.22. The van der Waals surface area contributed by atoms with Crippen molar-refractivity contribution in [3.05, 3.63) is 35.4 Å². The highest BCUT2D eigenvalue weighted by Crippen LogP contribution is 2.30. The summed E-state index contributed by atoms with van der Waals surface area (Å²) in [6, 6.07) is 6.38. The van der Waals surface area contributed by atoms with E-state index in [2.05, 4.69) is 9.80 Å². The van der Waals surface area contributed by atoms with Crippen LogP contribution in [0.25, 0.3) is 0 Å². The first kappa shape index (κ1) is 14.9. The van der Waals surface area contributed by atoms with Crippen LogP contribution in [0, 0.1) is 0 Å². The molecular formula is C16H21F3N2. The molecule has 0 amide bonds. The van der Waals surface area contributed by atoms with Crippen LogP contribution in [-0.4, -0.2) is 42.0 Å². The molecule has 0 bridgehead atoms. The van der Waals surface area contributed by atoms with Gasteiger partial charge in [-0.05, 0) is 50.0 Å². The van der Waals surface area contributed by atoms with Gasteiger partial charge in [0.05, 0.1) is 5.56 Å². The van der Waals surface area contributed by atoms with Crippen molar-refractivity contribution in [1.82, 2.24) is 9.80 Å². The fourth-order valence-electron chi connectivity index (χ4n) is 3.01. The molecule has 1 saturated carbocycles. The number of hydrogen-bond donors (Lipinski definition) is 0.